The van der Waals surface area contributed by atoms with Gasteiger partial charge in [0.1, 0.15) is 6.07 Å². The van der Waals surface area contributed by atoms with Crippen molar-refractivity contribution in [2.45, 2.75) is 4.90 Å². The summed E-state index contributed by atoms with van der Waals surface area (Å²) in [6.45, 7) is 1.77. The molecule has 0 fully saturated rings. The Bertz CT molecular complexity index is 418. The normalized spacial score (nSPS) is 10.1. The van der Waals surface area contributed by atoms with E-state index in [9.17, 15) is 5.26 Å². The second kappa shape index (κ2) is 7.98. The average Bonchev–Trinajstić information content (AvgIpc) is 2.42. The Balaban J connectivity index is 3.06. The van der Waals surface area contributed by atoms with Gasteiger partial charge in [0.05, 0.1) is 24.5 Å². The van der Waals surface area contributed by atoms with Gasteiger partial charge in [0.15, 0.2) is 0 Å². The van der Waals surface area contributed by atoms with E-state index in [-0.39, 0.29) is 6.61 Å². The van der Waals surface area contributed by atoms with E-state index in [0.717, 1.165) is 10.6 Å². The Morgan fingerprint density at radius 2 is 2.22 bits per heavy atom. The van der Waals surface area contributed by atoms with Crippen molar-refractivity contribution in [1.82, 2.24) is 0 Å². The largest absolute Gasteiger partial charge is 0.395 e. The lowest BCUT2D eigenvalue weighted by atomic mass is 10.1. The highest BCUT2D eigenvalue weighted by molar-refractivity contribution is 7.98. The number of nitrogens with zero attached hydrogens (tertiary/aromatic N) is 2. The van der Waals surface area contributed by atoms with Crippen LogP contribution in [0.3, 0.4) is 0 Å². The predicted octanol–water partition coefficient (Wildman–Crippen LogP) is 1.73. The number of hydrogen-bond donors (Lipinski definition) is 1. The molecule has 0 aliphatic carbocycles. The zero-order chi connectivity index (χ0) is 13.4. The first-order valence-corrected chi connectivity index (χ1v) is 6.92. The van der Waals surface area contributed by atoms with Gasteiger partial charge in [-0.2, -0.15) is 5.26 Å². The molecule has 0 aromatic heterocycles. The number of hydrogen-bond acceptors (Lipinski definition) is 5. The number of aliphatic hydroxyl groups excluding tert-OH is 1. The van der Waals surface area contributed by atoms with Crippen LogP contribution < -0.4 is 4.90 Å². The molecule has 18 heavy (non-hydrogen) atoms. The molecule has 0 aliphatic heterocycles. The van der Waals surface area contributed by atoms with E-state index in [0.29, 0.717) is 25.3 Å². The van der Waals surface area contributed by atoms with Crippen molar-refractivity contribution in [3.05, 3.63) is 23.8 Å². The second-order valence-electron chi connectivity index (χ2n) is 3.67. The molecule has 0 aliphatic rings. The van der Waals surface area contributed by atoms with Gasteiger partial charge in [0, 0.05) is 25.1 Å². The lowest BCUT2D eigenvalue weighted by molar-refractivity contribution is 0.203. The Hall–Kier alpha value is -1.22. The molecule has 1 aromatic rings. The molecule has 0 radical (unpaired) electrons. The standard InChI is InChI=1S/C13H18N2O2S/c1-17-9-7-15(6-8-16)12-4-3-5-13(18-2)11(12)10-14/h3-5,16H,6-9H2,1-2H3. The second-order valence-corrected chi connectivity index (χ2v) is 4.52. The van der Waals surface area contributed by atoms with Gasteiger partial charge in [-0.3, -0.25) is 0 Å². The lowest BCUT2D eigenvalue weighted by Gasteiger charge is -2.25. The zero-order valence-corrected chi connectivity index (χ0v) is 11.5. The molecular weight excluding hydrogens is 248 g/mol. The van der Waals surface area contributed by atoms with Crippen LogP contribution in [0.2, 0.25) is 0 Å². The number of thioether (sulfide) groups is 1. The van der Waals surface area contributed by atoms with Gasteiger partial charge in [0.2, 0.25) is 0 Å². The van der Waals surface area contributed by atoms with Crippen LogP contribution in [0.5, 0.6) is 0 Å². The fourth-order valence-electron chi connectivity index (χ4n) is 1.74. The van der Waals surface area contributed by atoms with Crippen molar-refractivity contribution in [2.75, 3.05) is 44.6 Å². The Morgan fingerprint density at radius 1 is 1.44 bits per heavy atom. The van der Waals surface area contributed by atoms with Crippen molar-refractivity contribution in [2.24, 2.45) is 0 Å². The van der Waals surface area contributed by atoms with Gasteiger partial charge in [-0.1, -0.05) is 6.07 Å². The highest BCUT2D eigenvalue weighted by atomic mass is 32.2. The first-order valence-electron chi connectivity index (χ1n) is 5.70. The summed E-state index contributed by atoms with van der Waals surface area (Å²) in [7, 11) is 1.64. The monoisotopic (exact) mass is 266 g/mol. The molecule has 4 nitrogen and oxygen atoms in total. The van der Waals surface area contributed by atoms with E-state index in [1.165, 1.54) is 0 Å². The highest BCUT2D eigenvalue weighted by Crippen LogP contribution is 2.28. The maximum atomic E-state index is 9.29. The molecule has 0 atom stereocenters. The minimum absolute atomic E-state index is 0.0536. The average molecular weight is 266 g/mol. The summed E-state index contributed by atoms with van der Waals surface area (Å²) in [5.74, 6) is 0. The van der Waals surface area contributed by atoms with Gasteiger partial charge < -0.3 is 14.7 Å². The molecule has 1 rings (SSSR count). The number of anilines is 1. The maximum Gasteiger partial charge on any atom is 0.103 e. The smallest absolute Gasteiger partial charge is 0.103 e. The van der Waals surface area contributed by atoms with Crippen LogP contribution in [0.15, 0.2) is 23.1 Å². The molecule has 0 spiro atoms. The summed E-state index contributed by atoms with van der Waals surface area (Å²) in [5.41, 5.74) is 1.52. The number of ether oxygens (including phenoxy) is 1. The zero-order valence-electron chi connectivity index (χ0n) is 10.7. The number of nitriles is 1. The third kappa shape index (κ3) is 3.64. The number of aliphatic hydroxyl groups is 1. The summed E-state index contributed by atoms with van der Waals surface area (Å²) in [6, 6.07) is 8.01. The summed E-state index contributed by atoms with van der Waals surface area (Å²) in [4.78, 5) is 2.93. The van der Waals surface area contributed by atoms with E-state index in [1.807, 2.05) is 29.4 Å². The van der Waals surface area contributed by atoms with E-state index in [1.54, 1.807) is 18.9 Å². The third-order valence-electron chi connectivity index (χ3n) is 2.61. The van der Waals surface area contributed by atoms with Crippen LogP contribution in [0.25, 0.3) is 0 Å². The molecule has 1 aromatic carbocycles. The molecule has 0 amide bonds. The first kappa shape index (κ1) is 14.8. The summed E-state index contributed by atoms with van der Waals surface area (Å²) < 4.78 is 5.06. The van der Waals surface area contributed by atoms with Crippen molar-refractivity contribution in [3.63, 3.8) is 0 Å². The van der Waals surface area contributed by atoms with Crippen LogP contribution >= 0.6 is 11.8 Å². The van der Waals surface area contributed by atoms with Crippen LogP contribution in [0, 0.1) is 11.3 Å². The van der Waals surface area contributed by atoms with Crippen molar-refractivity contribution < 1.29 is 9.84 Å². The topological polar surface area (TPSA) is 56.5 Å². The van der Waals surface area contributed by atoms with Crippen molar-refractivity contribution in [3.8, 4) is 6.07 Å². The van der Waals surface area contributed by atoms with Crippen molar-refractivity contribution >= 4 is 17.4 Å². The highest BCUT2D eigenvalue weighted by Gasteiger charge is 2.13. The molecule has 5 heteroatoms. The minimum Gasteiger partial charge on any atom is -0.395 e. The first-order chi connectivity index (χ1) is 8.78. The molecule has 0 heterocycles. The summed E-state index contributed by atoms with van der Waals surface area (Å²) >= 11 is 1.55. The van der Waals surface area contributed by atoms with Gasteiger partial charge in [-0.05, 0) is 18.4 Å². The van der Waals surface area contributed by atoms with E-state index in [2.05, 4.69) is 6.07 Å². The number of benzene rings is 1. The van der Waals surface area contributed by atoms with E-state index in [4.69, 9.17) is 9.84 Å². The van der Waals surface area contributed by atoms with Gasteiger partial charge in [0.25, 0.3) is 0 Å². The molecule has 0 bridgehead atoms. The minimum atomic E-state index is 0.0536. The Kier molecular flexibility index (Phi) is 6.58. The molecule has 0 saturated carbocycles. The Morgan fingerprint density at radius 3 is 2.78 bits per heavy atom. The van der Waals surface area contributed by atoms with Gasteiger partial charge in [-0.25, -0.2) is 0 Å². The molecule has 1 N–H and O–H groups in total. The molecule has 98 valence electrons. The maximum absolute atomic E-state index is 9.29. The molecular formula is C13H18N2O2S. The summed E-state index contributed by atoms with van der Waals surface area (Å²) in [6.07, 6.45) is 1.95. The SMILES string of the molecule is COCCN(CCO)c1cccc(SC)c1C#N. The van der Waals surface area contributed by atoms with Gasteiger partial charge >= 0.3 is 0 Å². The lowest BCUT2D eigenvalue weighted by Crippen LogP contribution is -2.30. The van der Waals surface area contributed by atoms with E-state index < -0.39 is 0 Å². The third-order valence-corrected chi connectivity index (χ3v) is 3.39. The number of rotatable bonds is 7. The molecule has 0 saturated heterocycles. The number of methoxy groups -OCH3 is 1. The fraction of sp³-hybridized carbons (Fsp3) is 0.462. The van der Waals surface area contributed by atoms with Crippen LogP contribution in [0.4, 0.5) is 5.69 Å². The fourth-order valence-corrected chi connectivity index (χ4v) is 2.31. The van der Waals surface area contributed by atoms with Crippen LogP contribution in [-0.4, -0.2) is 44.8 Å². The van der Waals surface area contributed by atoms with E-state index >= 15 is 0 Å². The Labute approximate surface area is 112 Å². The van der Waals surface area contributed by atoms with Gasteiger partial charge in [-0.15, -0.1) is 11.8 Å². The summed E-state index contributed by atoms with van der Waals surface area (Å²) in [5, 5.41) is 18.4. The molecule has 0 unspecified atom stereocenters. The predicted molar refractivity (Wildman–Crippen MR) is 74.1 cm³/mol. The quantitative estimate of drug-likeness (QED) is 0.762. The van der Waals surface area contributed by atoms with Crippen LogP contribution in [-0.2, 0) is 4.74 Å². The van der Waals surface area contributed by atoms with Crippen LogP contribution in [0.1, 0.15) is 5.56 Å². The van der Waals surface area contributed by atoms with Crippen molar-refractivity contribution in [1.29, 1.82) is 5.26 Å².